The van der Waals surface area contributed by atoms with Crippen molar-refractivity contribution in [2.24, 2.45) is 0 Å². The Bertz CT molecular complexity index is 198. The number of hydrogen-bond acceptors (Lipinski definition) is 3. The number of hydrogen-bond donors (Lipinski definition) is 1. The lowest BCUT2D eigenvalue weighted by Crippen LogP contribution is -2.64. The van der Waals surface area contributed by atoms with Gasteiger partial charge in [-0.1, -0.05) is 6.92 Å². The first-order valence-electron chi connectivity index (χ1n) is 5.69. The fourth-order valence-corrected chi connectivity index (χ4v) is 3.49. The third-order valence-corrected chi connectivity index (χ3v) is 4.79. The zero-order valence-electron chi connectivity index (χ0n) is 9.27. The van der Waals surface area contributed by atoms with Gasteiger partial charge < -0.3 is 4.74 Å². The molecule has 1 spiro atoms. The van der Waals surface area contributed by atoms with Gasteiger partial charge in [0.1, 0.15) is 5.72 Å². The van der Waals surface area contributed by atoms with Crippen LogP contribution in [0.1, 0.15) is 39.5 Å². The third-order valence-electron chi connectivity index (χ3n) is 3.55. The molecule has 0 saturated carbocycles. The number of thioether (sulfide) groups is 1. The Hall–Kier alpha value is 0.270. The topological polar surface area (TPSA) is 21.3 Å². The highest BCUT2D eigenvalue weighted by atomic mass is 32.2. The predicted molar refractivity (Wildman–Crippen MR) is 61.7 cm³/mol. The van der Waals surface area contributed by atoms with E-state index in [1.54, 1.807) is 0 Å². The summed E-state index contributed by atoms with van der Waals surface area (Å²) in [6.07, 6.45) is 4.83. The van der Waals surface area contributed by atoms with Crippen molar-refractivity contribution < 1.29 is 4.74 Å². The van der Waals surface area contributed by atoms with Crippen LogP contribution < -0.4 is 5.32 Å². The zero-order chi connectivity index (χ0) is 10.1. The molecule has 0 bridgehead atoms. The normalized spacial score (nSPS) is 44.1. The fraction of sp³-hybridized carbons (Fsp3) is 1.00. The van der Waals surface area contributed by atoms with E-state index in [1.165, 1.54) is 25.0 Å². The van der Waals surface area contributed by atoms with Crippen LogP contribution in [0.15, 0.2) is 0 Å². The van der Waals surface area contributed by atoms with Gasteiger partial charge in [0.25, 0.3) is 0 Å². The highest BCUT2D eigenvalue weighted by molar-refractivity contribution is 7.99. The van der Waals surface area contributed by atoms with Gasteiger partial charge >= 0.3 is 0 Å². The Morgan fingerprint density at radius 3 is 2.93 bits per heavy atom. The Morgan fingerprint density at radius 1 is 1.43 bits per heavy atom. The van der Waals surface area contributed by atoms with Gasteiger partial charge in [-0.3, -0.25) is 5.32 Å². The van der Waals surface area contributed by atoms with E-state index in [9.17, 15) is 0 Å². The molecule has 0 aliphatic carbocycles. The molecule has 2 aliphatic heterocycles. The summed E-state index contributed by atoms with van der Waals surface area (Å²) in [5.74, 6) is 2.43. The van der Waals surface area contributed by atoms with Gasteiger partial charge in [-0.05, 0) is 38.4 Å². The second kappa shape index (κ2) is 4.03. The Morgan fingerprint density at radius 2 is 2.29 bits per heavy atom. The molecule has 2 rings (SSSR count). The van der Waals surface area contributed by atoms with Crippen molar-refractivity contribution in [3.8, 4) is 0 Å². The van der Waals surface area contributed by atoms with Crippen molar-refractivity contribution >= 4 is 11.8 Å². The highest BCUT2D eigenvalue weighted by Gasteiger charge is 2.42. The maximum Gasteiger partial charge on any atom is 0.128 e. The molecule has 82 valence electrons. The van der Waals surface area contributed by atoms with Crippen molar-refractivity contribution in [1.29, 1.82) is 0 Å². The highest BCUT2D eigenvalue weighted by Crippen LogP contribution is 2.34. The van der Waals surface area contributed by atoms with Crippen LogP contribution in [0.5, 0.6) is 0 Å². The first-order valence-corrected chi connectivity index (χ1v) is 6.85. The maximum atomic E-state index is 5.97. The molecule has 0 aromatic heterocycles. The molecule has 0 radical (unpaired) electrons. The van der Waals surface area contributed by atoms with Gasteiger partial charge in [-0.25, -0.2) is 0 Å². The van der Waals surface area contributed by atoms with Gasteiger partial charge in [-0.2, -0.15) is 11.8 Å². The van der Waals surface area contributed by atoms with Gasteiger partial charge in [0.15, 0.2) is 0 Å². The second-order valence-corrected chi connectivity index (χ2v) is 5.89. The van der Waals surface area contributed by atoms with E-state index in [1.807, 2.05) is 11.8 Å². The van der Waals surface area contributed by atoms with Crippen molar-refractivity contribution in [2.45, 2.75) is 50.8 Å². The maximum absolute atomic E-state index is 5.97. The molecule has 2 fully saturated rings. The molecule has 2 nitrogen and oxygen atoms in total. The smallest absolute Gasteiger partial charge is 0.128 e. The molecule has 2 aliphatic rings. The molecule has 1 N–H and O–H groups in total. The molecule has 2 unspecified atom stereocenters. The van der Waals surface area contributed by atoms with Crippen LogP contribution in [0, 0.1) is 0 Å². The summed E-state index contributed by atoms with van der Waals surface area (Å²) in [6.45, 7) is 5.52. The third kappa shape index (κ3) is 2.10. The second-order valence-electron chi connectivity index (χ2n) is 4.79. The van der Waals surface area contributed by atoms with E-state index in [0.717, 1.165) is 18.8 Å². The summed E-state index contributed by atoms with van der Waals surface area (Å²) in [5.41, 5.74) is 0.308. The number of ether oxygens (including phenoxy) is 1. The Balaban J connectivity index is 2.04. The summed E-state index contributed by atoms with van der Waals surface area (Å²) in [5, 5.41) is 3.75. The average molecular weight is 215 g/mol. The van der Waals surface area contributed by atoms with E-state index >= 15 is 0 Å². The summed E-state index contributed by atoms with van der Waals surface area (Å²) in [6, 6.07) is 0. The minimum absolute atomic E-state index is 0.00588. The standard InChI is InChI=1S/C11H21NOS/c1-3-10(2)6-7-13-11(12-10)5-4-8-14-9-11/h12H,3-9H2,1-2H3. The lowest BCUT2D eigenvalue weighted by atomic mass is 9.90. The first kappa shape index (κ1) is 10.8. The molecule has 0 amide bonds. The van der Waals surface area contributed by atoms with Crippen LogP contribution in [-0.4, -0.2) is 29.4 Å². The molecule has 14 heavy (non-hydrogen) atoms. The van der Waals surface area contributed by atoms with E-state index < -0.39 is 0 Å². The number of rotatable bonds is 1. The van der Waals surface area contributed by atoms with Crippen molar-refractivity contribution in [3.63, 3.8) is 0 Å². The van der Waals surface area contributed by atoms with Gasteiger partial charge in [0, 0.05) is 11.3 Å². The van der Waals surface area contributed by atoms with E-state index in [0.29, 0.717) is 5.54 Å². The van der Waals surface area contributed by atoms with Gasteiger partial charge in [0.05, 0.1) is 6.61 Å². The Kier molecular flexibility index (Phi) is 3.10. The quantitative estimate of drug-likeness (QED) is 0.725. The van der Waals surface area contributed by atoms with Crippen molar-refractivity contribution in [2.75, 3.05) is 18.1 Å². The lowest BCUT2D eigenvalue weighted by Gasteiger charge is -2.49. The largest absolute Gasteiger partial charge is 0.360 e. The van der Waals surface area contributed by atoms with Gasteiger partial charge in [0.2, 0.25) is 0 Å². The van der Waals surface area contributed by atoms with Crippen molar-refractivity contribution in [1.82, 2.24) is 5.32 Å². The monoisotopic (exact) mass is 215 g/mol. The van der Waals surface area contributed by atoms with Crippen LogP contribution in [0.3, 0.4) is 0 Å². The molecule has 2 heterocycles. The molecular weight excluding hydrogens is 194 g/mol. The summed E-state index contributed by atoms with van der Waals surface area (Å²) in [4.78, 5) is 0. The average Bonchev–Trinajstić information content (AvgIpc) is 2.19. The summed E-state index contributed by atoms with van der Waals surface area (Å²) < 4.78 is 5.97. The molecule has 2 saturated heterocycles. The molecule has 0 aromatic rings. The van der Waals surface area contributed by atoms with E-state index in [4.69, 9.17) is 4.74 Å². The molecular formula is C11H21NOS. The van der Waals surface area contributed by atoms with Crippen molar-refractivity contribution in [3.05, 3.63) is 0 Å². The van der Waals surface area contributed by atoms with Crippen LogP contribution in [-0.2, 0) is 4.74 Å². The SMILES string of the molecule is CCC1(C)CCOC2(CCCSC2)N1. The van der Waals surface area contributed by atoms with Crippen LogP contribution in [0.2, 0.25) is 0 Å². The zero-order valence-corrected chi connectivity index (χ0v) is 10.1. The van der Waals surface area contributed by atoms with E-state index in [-0.39, 0.29) is 5.72 Å². The van der Waals surface area contributed by atoms with E-state index in [2.05, 4.69) is 19.2 Å². The Labute approximate surface area is 91.2 Å². The predicted octanol–water partition coefficient (Wildman–Crippen LogP) is 2.39. The fourth-order valence-electron chi connectivity index (χ4n) is 2.37. The minimum Gasteiger partial charge on any atom is -0.360 e. The lowest BCUT2D eigenvalue weighted by molar-refractivity contribution is -0.121. The summed E-state index contributed by atoms with van der Waals surface area (Å²) >= 11 is 2.02. The summed E-state index contributed by atoms with van der Waals surface area (Å²) in [7, 11) is 0. The van der Waals surface area contributed by atoms with Crippen LogP contribution >= 0.6 is 11.8 Å². The van der Waals surface area contributed by atoms with Gasteiger partial charge in [-0.15, -0.1) is 0 Å². The molecule has 0 aromatic carbocycles. The molecule has 2 atom stereocenters. The minimum atomic E-state index is 0.00588. The van der Waals surface area contributed by atoms with Crippen LogP contribution in [0.25, 0.3) is 0 Å². The number of nitrogens with one attached hydrogen (secondary N) is 1. The molecule has 3 heteroatoms. The van der Waals surface area contributed by atoms with Crippen LogP contribution in [0.4, 0.5) is 0 Å². The first-order chi connectivity index (χ1) is 6.68.